The molecule has 2 aromatic carbocycles. The summed E-state index contributed by atoms with van der Waals surface area (Å²) in [6, 6.07) is 13.9. The van der Waals surface area contributed by atoms with Gasteiger partial charge in [0.1, 0.15) is 30.0 Å². The van der Waals surface area contributed by atoms with Gasteiger partial charge < -0.3 is 19.5 Å². The number of nitrogens with zero attached hydrogens (tertiary/aromatic N) is 2. The number of β-amino-alcohol motifs (C(OH)–C–C–N with tert-alkyl or cyclic N) is 1. The molecule has 1 aliphatic rings. The van der Waals surface area contributed by atoms with E-state index in [1.165, 1.54) is 12.1 Å². The Morgan fingerprint density at radius 3 is 2.46 bits per heavy atom. The van der Waals surface area contributed by atoms with Crippen molar-refractivity contribution in [3.63, 3.8) is 0 Å². The molecule has 0 spiro atoms. The second-order valence-corrected chi connectivity index (χ2v) is 6.41. The molecule has 0 unspecified atom stereocenters. The summed E-state index contributed by atoms with van der Waals surface area (Å²) in [5, 5.41) is 10.2. The molecule has 0 radical (unpaired) electrons. The minimum absolute atomic E-state index is 0.196. The SMILES string of the molecule is COc1cccc(N2CCN(C[C@@H](O)COc3ccc(F)cc3)CC2)c1. The molecule has 0 bridgehead atoms. The first-order chi connectivity index (χ1) is 12.6. The number of methoxy groups -OCH3 is 1. The molecule has 1 heterocycles. The summed E-state index contributed by atoms with van der Waals surface area (Å²) in [5.41, 5.74) is 1.16. The van der Waals surface area contributed by atoms with E-state index in [-0.39, 0.29) is 12.4 Å². The van der Waals surface area contributed by atoms with Crippen LogP contribution in [0.4, 0.5) is 10.1 Å². The Morgan fingerprint density at radius 1 is 1.04 bits per heavy atom. The molecule has 0 saturated carbocycles. The molecule has 3 rings (SSSR count). The highest BCUT2D eigenvalue weighted by atomic mass is 19.1. The summed E-state index contributed by atoms with van der Waals surface area (Å²) in [7, 11) is 1.67. The van der Waals surface area contributed by atoms with Crippen LogP contribution in [0, 0.1) is 5.82 Å². The molecule has 0 aromatic heterocycles. The number of benzene rings is 2. The first-order valence-corrected chi connectivity index (χ1v) is 8.82. The monoisotopic (exact) mass is 360 g/mol. The van der Waals surface area contributed by atoms with E-state index < -0.39 is 6.10 Å². The number of halogens is 1. The number of hydrogen-bond acceptors (Lipinski definition) is 5. The number of hydrogen-bond donors (Lipinski definition) is 1. The fourth-order valence-electron chi connectivity index (χ4n) is 3.07. The Balaban J connectivity index is 1.42. The van der Waals surface area contributed by atoms with Crippen LogP contribution in [0.15, 0.2) is 48.5 Å². The molecule has 26 heavy (non-hydrogen) atoms. The van der Waals surface area contributed by atoms with Crippen molar-refractivity contribution in [3.8, 4) is 11.5 Å². The first-order valence-electron chi connectivity index (χ1n) is 8.82. The quantitative estimate of drug-likeness (QED) is 0.822. The number of ether oxygens (including phenoxy) is 2. The van der Waals surface area contributed by atoms with Crippen molar-refractivity contribution in [1.82, 2.24) is 4.90 Å². The Hall–Kier alpha value is -2.31. The van der Waals surface area contributed by atoms with Gasteiger partial charge in [-0.25, -0.2) is 4.39 Å². The maximum Gasteiger partial charge on any atom is 0.123 e. The number of rotatable bonds is 7. The Bertz CT molecular complexity index is 688. The van der Waals surface area contributed by atoms with E-state index in [1.807, 2.05) is 18.2 Å². The summed E-state index contributed by atoms with van der Waals surface area (Å²) >= 11 is 0. The fourth-order valence-corrected chi connectivity index (χ4v) is 3.07. The molecule has 1 N–H and O–H groups in total. The van der Waals surface area contributed by atoms with Gasteiger partial charge >= 0.3 is 0 Å². The van der Waals surface area contributed by atoms with Crippen molar-refractivity contribution in [2.75, 3.05) is 51.3 Å². The number of aliphatic hydroxyl groups is 1. The third kappa shape index (κ3) is 5.09. The van der Waals surface area contributed by atoms with Gasteiger partial charge in [-0.1, -0.05) is 6.07 Å². The zero-order chi connectivity index (χ0) is 18.4. The Morgan fingerprint density at radius 2 is 1.77 bits per heavy atom. The van der Waals surface area contributed by atoms with Crippen molar-refractivity contribution < 1.29 is 19.0 Å². The molecule has 2 aromatic rings. The Labute approximate surface area is 153 Å². The van der Waals surface area contributed by atoms with Crippen LogP contribution in [0.1, 0.15) is 0 Å². The van der Waals surface area contributed by atoms with E-state index in [4.69, 9.17) is 9.47 Å². The maximum atomic E-state index is 12.9. The van der Waals surface area contributed by atoms with Gasteiger partial charge in [-0.15, -0.1) is 0 Å². The lowest BCUT2D eigenvalue weighted by Gasteiger charge is -2.37. The van der Waals surface area contributed by atoms with Crippen molar-refractivity contribution >= 4 is 5.69 Å². The van der Waals surface area contributed by atoms with E-state index in [9.17, 15) is 9.50 Å². The number of piperazine rings is 1. The largest absolute Gasteiger partial charge is 0.497 e. The van der Waals surface area contributed by atoms with Crippen LogP contribution in [0.3, 0.4) is 0 Å². The molecular formula is C20H25FN2O3. The summed E-state index contributed by atoms with van der Waals surface area (Å²) in [4.78, 5) is 4.55. The second kappa shape index (κ2) is 8.87. The maximum absolute atomic E-state index is 12.9. The summed E-state index contributed by atoms with van der Waals surface area (Å²) in [6.45, 7) is 4.32. The standard InChI is InChI=1S/C20H25FN2O3/c1-25-20-4-2-3-17(13-20)23-11-9-22(10-12-23)14-18(24)15-26-19-7-5-16(21)6-8-19/h2-8,13,18,24H,9-12,14-15H2,1H3/t18-/m1/s1. The van der Waals surface area contributed by atoms with E-state index in [2.05, 4.69) is 15.9 Å². The zero-order valence-electron chi connectivity index (χ0n) is 15.0. The fraction of sp³-hybridized carbons (Fsp3) is 0.400. The predicted molar refractivity (Wildman–Crippen MR) is 99.5 cm³/mol. The minimum atomic E-state index is -0.580. The molecule has 1 saturated heterocycles. The molecule has 140 valence electrons. The third-order valence-electron chi connectivity index (χ3n) is 4.52. The summed E-state index contributed by atoms with van der Waals surface area (Å²) in [6.07, 6.45) is -0.580. The first kappa shape index (κ1) is 18.5. The van der Waals surface area contributed by atoms with Crippen molar-refractivity contribution in [1.29, 1.82) is 0 Å². The number of aliphatic hydroxyl groups excluding tert-OH is 1. The lowest BCUT2D eigenvalue weighted by molar-refractivity contribution is 0.0663. The van der Waals surface area contributed by atoms with Gasteiger partial charge in [-0.2, -0.15) is 0 Å². The molecule has 1 aliphatic heterocycles. The van der Waals surface area contributed by atoms with E-state index in [0.717, 1.165) is 37.6 Å². The van der Waals surface area contributed by atoms with Crippen LogP contribution < -0.4 is 14.4 Å². The lowest BCUT2D eigenvalue weighted by Crippen LogP contribution is -2.49. The zero-order valence-corrected chi connectivity index (χ0v) is 15.0. The highest BCUT2D eigenvalue weighted by Gasteiger charge is 2.20. The van der Waals surface area contributed by atoms with Crippen LogP contribution >= 0.6 is 0 Å². The summed E-state index contributed by atoms with van der Waals surface area (Å²) < 4.78 is 23.7. The topological polar surface area (TPSA) is 45.2 Å². The van der Waals surface area contributed by atoms with Gasteiger partial charge in [0, 0.05) is 44.5 Å². The highest BCUT2D eigenvalue weighted by Crippen LogP contribution is 2.22. The van der Waals surface area contributed by atoms with Crippen molar-refractivity contribution in [2.45, 2.75) is 6.10 Å². The van der Waals surface area contributed by atoms with Gasteiger partial charge in [0.25, 0.3) is 0 Å². The van der Waals surface area contributed by atoms with Crippen LogP contribution in [0.5, 0.6) is 11.5 Å². The van der Waals surface area contributed by atoms with Gasteiger partial charge in [-0.3, -0.25) is 4.90 Å². The van der Waals surface area contributed by atoms with Crippen molar-refractivity contribution in [3.05, 3.63) is 54.3 Å². The average Bonchev–Trinajstić information content (AvgIpc) is 2.68. The van der Waals surface area contributed by atoms with E-state index >= 15 is 0 Å². The van der Waals surface area contributed by atoms with Gasteiger partial charge in [0.15, 0.2) is 0 Å². The summed E-state index contributed by atoms with van der Waals surface area (Å²) in [5.74, 6) is 1.12. The van der Waals surface area contributed by atoms with Crippen LogP contribution in [0.2, 0.25) is 0 Å². The average molecular weight is 360 g/mol. The van der Waals surface area contributed by atoms with Gasteiger partial charge in [0.2, 0.25) is 0 Å². The Kier molecular flexibility index (Phi) is 6.30. The minimum Gasteiger partial charge on any atom is -0.497 e. The van der Waals surface area contributed by atoms with Crippen LogP contribution in [-0.4, -0.2) is 62.6 Å². The highest BCUT2D eigenvalue weighted by molar-refractivity contribution is 5.51. The molecule has 1 fully saturated rings. The van der Waals surface area contributed by atoms with Crippen LogP contribution in [-0.2, 0) is 0 Å². The van der Waals surface area contributed by atoms with Gasteiger partial charge in [-0.05, 0) is 36.4 Å². The van der Waals surface area contributed by atoms with E-state index in [1.54, 1.807) is 19.2 Å². The second-order valence-electron chi connectivity index (χ2n) is 6.41. The molecule has 0 amide bonds. The molecular weight excluding hydrogens is 335 g/mol. The van der Waals surface area contributed by atoms with Crippen LogP contribution in [0.25, 0.3) is 0 Å². The third-order valence-corrected chi connectivity index (χ3v) is 4.52. The normalized spacial score (nSPS) is 16.3. The number of anilines is 1. The molecule has 0 aliphatic carbocycles. The van der Waals surface area contributed by atoms with Crippen molar-refractivity contribution in [2.24, 2.45) is 0 Å². The molecule has 6 heteroatoms. The lowest BCUT2D eigenvalue weighted by atomic mass is 10.2. The molecule has 1 atom stereocenters. The van der Waals surface area contributed by atoms with Gasteiger partial charge in [0.05, 0.1) is 7.11 Å². The predicted octanol–water partition coefficient (Wildman–Crippen LogP) is 2.40. The molecule has 5 nitrogen and oxygen atoms in total. The smallest absolute Gasteiger partial charge is 0.123 e. The van der Waals surface area contributed by atoms with E-state index in [0.29, 0.717) is 12.3 Å².